The van der Waals surface area contributed by atoms with Gasteiger partial charge in [-0.25, -0.2) is 4.68 Å². The van der Waals surface area contributed by atoms with E-state index in [2.05, 4.69) is 20.5 Å². The maximum absolute atomic E-state index is 6.49. The second-order valence-corrected chi connectivity index (χ2v) is 7.05. The van der Waals surface area contributed by atoms with Crippen LogP contribution in [0.15, 0.2) is 48.7 Å². The number of halogens is 3. The number of aromatic nitrogens is 6. The highest BCUT2D eigenvalue weighted by atomic mass is 35.5. The molecular weight excluding hydrogens is 423 g/mol. The van der Waals surface area contributed by atoms with Crippen molar-refractivity contribution in [2.45, 2.75) is 6.54 Å². The number of nitrogens with zero attached hydrogens (tertiary/aromatic N) is 6. The number of ether oxygens (including phenoxy) is 1. The summed E-state index contributed by atoms with van der Waals surface area (Å²) in [6.07, 6.45) is 1.57. The lowest BCUT2D eigenvalue weighted by atomic mass is 10.2. The van der Waals surface area contributed by atoms with Crippen molar-refractivity contribution in [3.63, 3.8) is 0 Å². The maximum Gasteiger partial charge on any atom is 0.209 e. The molecule has 0 saturated carbocycles. The molecule has 0 unspecified atom stereocenters. The Morgan fingerprint density at radius 2 is 1.82 bits per heavy atom. The first-order valence-electron chi connectivity index (χ1n) is 8.15. The Morgan fingerprint density at radius 3 is 2.54 bits per heavy atom. The van der Waals surface area contributed by atoms with E-state index in [1.54, 1.807) is 31.5 Å². The topological polar surface area (TPSA) is 70.7 Å². The van der Waals surface area contributed by atoms with Gasteiger partial charge in [0.05, 0.1) is 36.1 Å². The first-order valence-corrected chi connectivity index (χ1v) is 9.28. The van der Waals surface area contributed by atoms with Gasteiger partial charge in [-0.2, -0.15) is 9.90 Å². The number of hydrogen-bond donors (Lipinski definition) is 0. The minimum atomic E-state index is 0.327. The summed E-state index contributed by atoms with van der Waals surface area (Å²) in [7, 11) is 1.63. The van der Waals surface area contributed by atoms with Gasteiger partial charge in [0, 0.05) is 5.02 Å². The van der Waals surface area contributed by atoms with Crippen LogP contribution in [0.3, 0.4) is 0 Å². The van der Waals surface area contributed by atoms with Crippen LogP contribution in [0.4, 0.5) is 0 Å². The first kappa shape index (κ1) is 18.7. The molecule has 0 fully saturated rings. The van der Waals surface area contributed by atoms with E-state index in [0.717, 1.165) is 11.3 Å². The molecule has 0 spiro atoms. The molecule has 0 aliphatic heterocycles. The molecule has 4 aromatic rings. The summed E-state index contributed by atoms with van der Waals surface area (Å²) in [5.74, 6) is 1.16. The minimum absolute atomic E-state index is 0.327. The van der Waals surface area contributed by atoms with Crippen LogP contribution in [0, 0.1) is 0 Å². The zero-order chi connectivity index (χ0) is 19.7. The second-order valence-electron chi connectivity index (χ2n) is 5.85. The number of rotatable bonds is 5. The molecule has 7 nitrogen and oxygen atoms in total. The molecule has 142 valence electrons. The third kappa shape index (κ3) is 3.69. The van der Waals surface area contributed by atoms with Gasteiger partial charge in [0.25, 0.3) is 0 Å². The highest BCUT2D eigenvalue weighted by Crippen LogP contribution is 2.31. The molecule has 0 radical (unpaired) electrons. The van der Waals surface area contributed by atoms with Crippen LogP contribution < -0.4 is 4.74 Å². The Morgan fingerprint density at radius 1 is 1.04 bits per heavy atom. The lowest BCUT2D eigenvalue weighted by Crippen LogP contribution is -2.04. The molecule has 2 heterocycles. The van der Waals surface area contributed by atoms with Gasteiger partial charge in [-0.3, -0.25) is 0 Å². The van der Waals surface area contributed by atoms with Crippen LogP contribution in [0.2, 0.25) is 15.2 Å². The Balaban J connectivity index is 1.59. The van der Waals surface area contributed by atoms with Crippen molar-refractivity contribution in [3.8, 4) is 22.8 Å². The Bertz CT molecular complexity index is 1120. The normalized spacial score (nSPS) is 11.0. The molecule has 0 aliphatic carbocycles. The van der Waals surface area contributed by atoms with Crippen LogP contribution in [0.25, 0.3) is 17.1 Å². The van der Waals surface area contributed by atoms with Crippen LogP contribution in [-0.4, -0.2) is 37.1 Å². The van der Waals surface area contributed by atoms with E-state index in [4.69, 9.17) is 39.5 Å². The molecule has 0 saturated heterocycles. The summed E-state index contributed by atoms with van der Waals surface area (Å²) in [5.41, 5.74) is 2.17. The minimum Gasteiger partial charge on any atom is -0.497 e. The monoisotopic (exact) mass is 434 g/mol. The summed E-state index contributed by atoms with van der Waals surface area (Å²) in [6, 6.07) is 12.7. The smallest absolute Gasteiger partial charge is 0.209 e. The van der Waals surface area contributed by atoms with Gasteiger partial charge in [-0.1, -0.05) is 46.9 Å². The van der Waals surface area contributed by atoms with Gasteiger partial charge in [0.2, 0.25) is 5.82 Å². The van der Waals surface area contributed by atoms with Crippen molar-refractivity contribution < 1.29 is 4.74 Å². The van der Waals surface area contributed by atoms with E-state index in [1.165, 1.54) is 9.48 Å². The van der Waals surface area contributed by atoms with Crippen molar-refractivity contribution in [2.75, 3.05) is 7.11 Å². The molecule has 28 heavy (non-hydrogen) atoms. The average Bonchev–Trinajstić information content (AvgIpc) is 3.29. The summed E-state index contributed by atoms with van der Waals surface area (Å²) in [6.45, 7) is 0.464. The quantitative estimate of drug-likeness (QED) is 0.460. The SMILES string of the molecule is COc1ccc(Cn2nnc(-c3cnn(-c4ccc(Cl)cc4Cl)c3Cl)n2)cc1. The molecule has 2 aromatic heterocycles. The van der Waals surface area contributed by atoms with Crippen molar-refractivity contribution in [2.24, 2.45) is 0 Å². The Kier molecular flexibility index (Phi) is 5.21. The fraction of sp³-hybridized carbons (Fsp3) is 0.111. The highest BCUT2D eigenvalue weighted by molar-refractivity contribution is 6.36. The van der Waals surface area contributed by atoms with Gasteiger partial charge in [0.1, 0.15) is 10.9 Å². The van der Waals surface area contributed by atoms with Crippen molar-refractivity contribution >= 4 is 34.8 Å². The van der Waals surface area contributed by atoms with Gasteiger partial charge in [0.15, 0.2) is 0 Å². The third-order valence-corrected chi connectivity index (χ3v) is 4.93. The van der Waals surface area contributed by atoms with Gasteiger partial charge in [-0.15, -0.1) is 10.2 Å². The lowest BCUT2D eigenvalue weighted by Gasteiger charge is -2.06. The second kappa shape index (κ2) is 7.79. The van der Waals surface area contributed by atoms with Crippen LogP contribution in [0.5, 0.6) is 5.75 Å². The van der Waals surface area contributed by atoms with Crippen LogP contribution in [0.1, 0.15) is 5.56 Å². The fourth-order valence-corrected chi connectivity index (χ4v) is 3.37. The molecular formula is C18H13Cl3N6O. The maximum atomic E-state index is 6.49. The largest absolute Gasteiger partial charge is 0.497 e. The molecule has 0 amide bonds. The average molecular weight is 436 g/mol. The number of hydrogen-bond acceptors (Lipinski definition) is 5. The van der Waals surface area contributed by atoms with Crippen LogP contribution >= 0.6 is 34.8 Å². The molecule has 0 N–H and O–H groups in total. The molecule has 10 heteroatoms. The highest BCUT2D eigenvalue weighted by Gasteiger charge is 2.18. The first-order chi connectivity index (χ1) is 13.5. The molecule has 0 atom stereocenters. The molecule has 0 bridgehead atoms. The molecule has 4 rings (SSSR count). The predicted octanol–water partition coefficient (Wildman–Crippen LogP) is 4.54. The van der Waals surface area contributed by atoms with E-state index in [0.29, 0.717) is 38.8 Å². The predicted molar refractivity (Wildman–Crippen MR) is 108 cm³/mol. The third-order valence-electron chi connectivity index (χ3n) is 4.03. The fourth-order valence-electron chi connectivity index (χ4n) is 2.62. The number of tetrazole rings is 1. The van der Waals surface area contributed by atoms with E-state index in [9.17, 15) is 0 Å². The Hall–Kier alpha value is -2.61. The van der Waals surface area contributed by atoms with E-state index < -0.39 is 0 Å². The summed E-state index contributed by atoms with van der Waals surface area (Å²) in [4.78, 5) is 1.49. The summed E-state index contributed by atoms with van der Waals surface area (Å²) < 4.78 is 6.66. The number of methoxy groups -OCH3 is 1. The standard InChI is InChI=1S/C18H13Cl3N6O/c1-28-13-5-2-11(3-6-13)10-26-24-18(23-25-26)14-9-22-27(17(14)21)16-7-4-12(19)8-15(16)20/h2-9H,10H2,1H3. The van der Waals surface area contributed by atoms with Crippen molar-refractivity contribution in [1.29, 1.82) is 0 Å². The Labute approximate surface area is 175 Å². The molecule has 2 aromatic carbocycles. The number of benzene rings is 2. The van der Waals surface area contributed by atoms with Crippen molar-refractivity contribution in [3.05, 3.63) is 69.4 Å². The van der Waals surface area contributed by atoms with Gasteiger partial charge in [-0.05, 0) is 41.1 Å². The van der Waals surface area contributed by atoms with Crippen LogP contribution in [-0.2, 0) is 6.54 Å². The summed E-state index contributed by atoms with van der Waals surface area (Å²) in [5, 5.41) is 18.1. The molecule has 0 aliphatic rings. The summed E-state index contributed by atoms with van der Waals surface area (Å²) >= 11 is 18.7. The van der Waals surface area contributed by atoms with E-state index in [1.807, 2.05) is 24.3 Å². The van der Waals surface area contributed by atoms with E-state index >= 15 is 0 Å². The van der Waals surface area contributed by atoms with Gasteiger partial charge >= 0.3 is 0 Å². The lowest BCUT2D eigenvalue weighted by molar-refractivity contribution is 0.414. The van der Waals surface area contributed by atoms with Gasteiger partial charge < -0.3 is 4.74 Å². The zero-order valence-electron chi connectivity index (χ0n) is 14.6. The van der Waals surface area contributed by atoms with Crippen molar-refractivity contribution in [1.82, 2.24) is 30.0 Å². The van der Waals surface area contributed by atoms with E-state index in [-0.39, 0.29) is 0 Å². The zero-order valence-corrected chi connectivity index (χ0v) is 16.8.